The molecule has 2 nitrogen and oxygen atoms in total. The molecule has 0 atom stereocenters. The van der Waals surface area contributed by atoms with Crippen molar-refractivity contribution in [3.05, 3.63) is 23.5 Å². The average Bonchev–Trinajstić information content (AvgIpc) is 2.04. The van der Waals surface area contributed by atoms with Crippen LogP contribution in [0.15, 0.2) is 12.3 Å². The van der Waals surface area contributed by atoms with Gasteiger partial charge < -0.3 is 4.74 Å². The molecule has 0 spiro atoms. The topological polar surface area (TPSA) is 22.1 Å². The highest BCUT2D eigenvalue weighted by Crippen LogP contribution is 2.13. The molecule has 0 bridgehead atoms. The van der Waals surface area contributed by atoms with Gasteiger partial charge in [-0.2, -0.15) is 0 Å². The maximum Gasteiger partial charge on any atom is 0.137 e. The summed E-state index contributed by atoms with van der Waals surface area (Å²) in [5.41, 5.74) is 2.35. The molecular formula is C9H13NO. The van der Waals surface area contributed by atoms with Crippen LogP contribution in [0.3, 0.4) is 0 Å². The second-order valence-electron chi connectivity index (χ2n) is 2.49. The van der Waals surface area contributed by atoms with Gasteiger partial charge in [0, 0.05) is 5.69 Å². The van der Waals surface area contributed by atoms with Crippen molar-refractivity contribution >= 4 is 0 Å². The van der Waals surface area contributed by atoms with Gasteiger partial charge in [0.2, 0.25) is 0 Å². The molecule has 0 aromatic carbocycles. The maximum absolute atomic E-state index is 5.03. The molecule has 0 aliphatic heterocycles. The van der Waals surface area contributed by atoms with Crippen LogP contribution in [0.5, 0.6) is 5.75 Å². The second-order valence-corrected chi connectivity index (χ2v) is 2.49. The van der Waals surface area contributed by atoms with Crippen molar-refractivity contribution in [2.24, 2.45) is 0 Å². The van der Waals surface area contributed by atoms with Gasteiger partial charge in [0.05, 0.1) is 13.3 Å². The van der Waals surface area contributed by atoms with Crippen LogP contribution < -0.4 is 4.74 Å². The zero-order valence-corrected chi connectivity index (χ0v) is 7.22. The Morgan fingerprint density at radius 1 is 1.55 bits per heavy atom. The minimum Gasteiger partial charge on any atom is -0.495 e. The Hall–Kier alpha value is -1.05. The zero-order chi connectivity index (χ0) is 8.27. The average molecular weight is 151 g/mol. The lowest BCUT2D eigenvalue weighted by Crippen LogP contribution is -1.93. The van der Waals surface area contributed by atoms with Gasteiger partial charge in [0.25, 0.3) is 0 Å². The van der Waals surface area contributed by atoms with E-state index in [-0.39, 0.29) is 0 Å². The molecule has 0 aliphatic carbocycles. The summed E-state index contributed by atoms with van der Waals surface area (Å²) in [5.74, 6) is 0.833. The summed E-state index contributed by atoms with van der Waals surface area (Å²) in [7, 11) is 1.65. The fraction of sp³-hybridized carbons (Fsp3) is 0.444. The van der Waals surface area contributed by atoms with E-state index >= 15 is 0 Å². The van der Waals surface area contributed by atoms with E-state index < -0.39 is 0 Å². The second kappa shape index (κ2) is 3.37. The molecule has 60 valence electrons. The molecule has 1 aromatic heterocycles. The van der Waals surface area contributed by atoms with Crippen LogP contribution in [-0.2, 0) is 6.42 Å². The van der Waals surface area contributed by atoms with E-state index in [0.717, 1.165) is 17.9 Å². The Morgan fingerprint density at radius 3 is 2.73 bits per heavy atom. The molecule has 1 rings (SSSR count). The molecule has 11 heavy (non-hydrogen) atoms. The summed E-state index contributed by atoms with van der Waals surface area (Å²) in [6.45, 7) is 4.15. The van der Waals surface area contributed by atoms with Crippen molar-refractivity contribution in [2.45, 2.75) is 20.3 Å². The molecule has 0 saturated carbocycles. The number of ether oxygens (including phenoxy) is 1. The van der Waals surface area contributed by atoms with Crippen LogP contribution in [0.25, 0.3) is 0 Å². The molecule has 0 radical (unpaired) electrons. The Bertz CT molecular complexity index is 245. The Balaban J connectivity index is 2.99. The third-order valence-electron chi connectivity index (χ3n) is 1.73. The summed E-state index contributed by atoms with van der Waals surface area (Å²) in [4.78, 5) is 4.24. The fourth-order valence-corrected chi connectivity index (χ4v) is 1.06. The summed E-state index contributed by atoms with van der Waals surface area (Å²) in [6, 6.07) is 2.01. The van der Waals surface area contributed by atoms with Gasteiger partial charge in [0.15, 0.2) is 0 Å². The van der Waals surface area contributed by atoms with Gasteiger partial charge in [0.1, 0.15) is 5.75 Å². The largest absolute Gasteiger partial charge is 0.495 e. The molecule has 2 heteroatoms. The van der Waals surface area contributed by atoms with Gasteiger partial charge in [-0.3, -0.25) is 4.98 Å². The number of aromatic nitrogens is 1. The lowest BCUT2D eigenvalue weighted by molar-refractivity contribution is 0.412. The number of hydrogen-bond acceptors (Lipinski definition) is 2. The van der Waals surface area contributed by atoms with E-state index in [4.69, 9.17) is 4.74 Å². The third kappa shape index (κ3) is 1.70. The van der Waals surface area contributed by atoms with Crippen molar-refractivity contribution in [2.75, 3.05) is 7.11 Å². The number of hydrogen-bond donors (Lipinski definition) is 0. The molecule has 0 fully saturated rings. The van der Waals surface area contributed by atoms with Crippen LogP contribution in [-0.4, -0.2) is 12.1 Å². The van der Waals surface area contributed by atoms with E-state index in [1.165, 1.54) is 5.56 Å². The van der Waals surface area contributed by atoms with Crippen molar-refractivity contribution in [3.8, 4) is 5.75 Å². The number of aryl methyl sites for hydroxylation is 2. The number of nitrogens with zero attached hydrogens (tertiary/aromatic N) is 1. The van der Waals surface area contributed by atoms with Gasteiger partial charge >= 0.3 is 0 Å². The highest BCUT2D eigenvalue weighted by Gasteiger charge is 1.98. The SMILES string of the molecule is CCc1ncc(OC)cc1C. The van der Waals surface area contributed by atoms with Crippen molar-refractivity contribution in [3.63, 3.8) is 0 Å². The number of pyridine rings is 1. The quantitative estimate of drug-likeness (QED) is 0.644. The fourth-order valence-electron chi connectivity index (χ4n) is 1.06. The van der Waals surface area contributed by atoms with Gasteiger partial charge in [-0.1, -0.05) is 6.92 Å². The number of methoxy groups -OCH3 is 1. The molecule has 0 unspecified atom stereocenters. The molecular weight excluding hydrogens is 138 g/mol. The van der Waals surface area contributed by atoms with Gasteiger partial charge in [-0.25, -0.2) is 0 Å². The first-order valence-electron chi connectivity index (χ1n) is 3.77. The van der Waals surface area contributed by atoms with Crippen molar-refractivity contribution in [1.29, 1.82) is 0 Å². The predicted molar refractivity (Wildman–Crippen MR) is 44.9 cm³/mol. The van der Waals surface area contributed by atoms with Crippen molar-refractivity contribution < 1.29 is 4.74 Å². The zero-order valence-electron chi connectivity index (χ0n) is 7.22. The van der Waals surface area contributed by atoms with Gasteiger partial charge in [-0.15, -0.1) is 0 Å². The van der Waals surface area contributed by atoms with Crippen LogP contribution in [0.4, 0.5) is 0 Å². The van der Waals surface area contributed by atoms with Crippen molar-refractivity contribution in [1.82, 2.24) is 4.98 Å². The molecule has 1 heterocycles. The lowest BCUT2D eigenvalue weighted by Gasteiger charge is -2.03. The third-order valence-corrected chi connectivity index (χ3v) is 1.73. The maximum atomic E-state index is 5.03. The minimum absolute atomic E-state index is 0.833. The Labute approximate surface area is 67.2 Å². The summed E-state index contributed by atoms with van der Waals surface area (Å²) in [6.07, 6.45) is 2.74. The predicted octanol–water partition coefficient (Wildman–Crippen LogP) is 1.96. The van der Waals surface area contributed by atoms with E-state index in [1.54, 1.807) is 13.3 Å². The summed E-state index contributed by atoms with van der Waals surface area (Å²) < 4.78 is 5.03. The first kappa shape index (κ1) is 8.05. The molecule has 0 saturated heterocycles. The first-order valence-corrected chi connectivity index (χ1v) is 3.77. The Kier molecular flexibility index (Phi) is 2.47. The standard InChI is InChI=1S/C9H13NO/c1-4-9-7(2)5-8(11-3)6-10-9/h5-6H,4H2,1-3H3. The van der Waals surface area contributed by atoms with E-state index in [0.29, 0.717) is 0 Å². The first-order chi connectivity index (χ1) is 5.27. The normalized spacial score (nSPS) is 9.73. The molecule has 1 aromatic rings. The van der Waals surface area contributed by atoms with E-state index in [2.05, 4.69) is 11.9 Å². The summed E-state index contributed by atoms with van der Waals surface area (Å²) >= 11 is 0. The van der Waals surface area contributed by atoms with E-state index in [9.17, 15) is 0 Å². The molecule has 0 aliphatic rings. The monoisotopic (exact) mass is 151 g/mol. The molecule has 0 amide bonds. The Morgan fingerprint density at radius 2 is 2.27 bits per heavy atom. The van der Waals surface area contributed by atoms with Gasteiger partial charge in [-0.05, 0) is 25.0 Å². The highest BCUT2D eigenvalue weighted by atomic mass is 16.5. The van der Waals surface area contributed by atoms with Crippen LogP contribution in [0, 0.1) is 6.92 Å². The van der Waals surface area contributed by atoms with Crippen LogP contribution >= 0.6 is 0 Å². The highest BCUT2D eigenvalue weighted by molar-refractivity contribution is 5.27. The van der Waals surface area contributed by atoms with Crippen LogP contribution in [0.1, 0.15) is 18.2 Å². The smallest absolute Gasteiger partial charge is 0.137 e. The lowest BCUT2D eigenvalue weighted by atomic mass is 10.2. The minimum atomic E-state index is 0.833. The summed E-state index contributed by atoms with van der Waals surface area (Å²) in [5, 5.41) is 0. The number of rotatable bonds is 2. The molecule has 0 N–H and O–H groups in total. The van der Waals surface area contributed by atoms with Crippen LogP contribution in [0.2, 0.25) is 0 Å². The van der Waals surface area contributed by atoms with E-state index in [1.807, 2.05) is 13.0 Å².